The Labute approximate surface area is 193 Å². The van der Waals surface area contributed by atoms with Crippen LogP contribution in [-0.2, 0) is 4.43 Å². The third-order valence-electron chi connectivity index (χ3n) is 5.39. The molecule has 0 bridgehead atoms. The minimum absolute atomic E-state index is 0.160. The van der Waals surface area contributed by atoms with Crippen LogP contribution < -0.4 is 15.7 Å². The number of nitro groups is 1. The molecule has 168 valence electrons. The highest BCUT2D eigenvalue weighted by molar-refractivity contribution is 6.99. The van der Waals surface area contributed by atoms with Crippen molar-refractivity contribution in [2.24, 2.45) is 0 Å². The van der Waals surface area contributed by atoms with Gasteiger partial charge < -0.3 is 9.74 Å². The van der Waals surface area contributed by atoms with E-state index in [9.17, 15) is 14.5 Å². The maximum atomic E-state index is 13.7. The van der Waals surface area contributed by atoms with Crippen molar-refractivity contribution >= 4 is 41.7 Å². The fourth-order valence-corrected chi connectivity index (χ4v) is 8.71. The second kappa shape index (κ2) is 9.81. The van der Waals surface area contributed by atoms with Crippen LogP contribution in [0.25, 0.3) is 0 Å². The van der Waals surface area contributed by atoms with Gasteiger partial charge in [-0.1, -0.05) is 93.0 Å². The van der Waals surface area contributed by atoms with Crippen LogP contribution in [0.3, 0.4) is 0 Å². The fraction of sp³-hybridized carbons (Fsp3) is 0.250. The van der Waals surface area contributed by atoms with Crippen molar-refractivity contribution in [2.75, 3.05) is 18.5 Å². The van der Waals surface area contributed by atoms with E-state index in [1.807, 2.05) is 36.4 Å². The van der Waals surface area contributed by atoms with Gasteiger partial charge in [0.1, 0.15) is 11.5 Å². The van der Waals surface area contributed by atoms with E-state index in [2.05, 4.69) is 50.4 Å². The fourth-order valence-electron chi connectivity index (χ4n) is 3.98. The highest BCUT2D eigenvalue weighted by Crippen LogP contribution is 2.37. The van der Waals surface area contributed by atoms with Crippen molar-refractivity contribution in [2.45, 2.75) is 25.8 Å². The molecule has 3 rings (SSSR count). The number of halogens is 2. The Morgan fingerprint density at radius 3 is 2.03 bits per heavy atom. The summed E-state index contributed by atoms with van der Waals surface area (Å²) in [6, 6.07) is 22.5. The van der Waals surface area contributed by atoms with Crippen molar-refractivity contribution in [3.63, 3.8) is 0 Å². The lowest BCUT2D eigenvalue weighted by Crippen LogP contribution is -2.66. The highest BCUT2D eigenvalue weighted by Gasteiger charge is 2.49. The summed E-state index contributed by atoms with van der Waals surface area (Å²) in [6.45, 7) is 7.14. The van der Waals surface area contributed by atoms with Crippen LogP contribution in [0.2, 0.25) is 10.1 Å². The smallest absolute Gasteiger partial charge is 0.295 e. The molecule has 0 saturated heterocycles. The van der Waals surface area contributed by atoms with Crippen molar-refractivity contribution < 1.29 is 13.7 Å². The third kappa shape index (κ3) is 4.85. The summed E-state index contributed by atoms with van der Waals surface area (Å²) in [4.78, 5) is 10.7. The molecular formula is C24H26ClFN2O3Si. The molecule has 0 radical (unpaired) electrons. The largest absolute Gasteiger partial charge is 0.406 e. The molecule has 0 fully saturated rings. The van der Waals surface area contributed by atoms with Gasteiger partial charge in [-0.2, -0.15) is 0 Å². The van der Waals surface area contributed by atoms with Gasteiger partial charge in [0.15, 0.2) is 0 Å². The number of nitrogens with zero attached hydrogens (tertiary/aromatic N) is 1. The molecule has 5 nitrogen and oxygen atoms in total. The van der Waals surface area contributed by atoms with Gasteiger partial charge in [-0.05, 0) is 21.5 Å². The molecule has 0 aliphatic rings. The maximum absolute atomic E-state index is 13.7. The third-order valence-corrected chi connectivity index (χ3v) is 10.7. The van der Waals surface area contributed by atoms with Gasteiger partial charge in [-0.25, -0.2) is 4.39 Å². The standard InChI is InChI=1S/C24H26ClFN2O3Si/c1-24(2,3)32(18-10-6-4-7-11-18,19-12-8-5-9-13-19)31-15-14-27-22-16-20(25)21(26)17-23(22)28(29)30/h4-13,16-17,27H,14-15H2,1-3H3. The first-order valence-electron chi connectivity index (χ1n) is 10.3. The predicted octanol–water partition coefficient (Wildman–Crippen LogP) is 5.38. The van der Waals surface area contributed by atoms with Crippen molar-refractivity contribution in [3.8, 4) is 0 Å². The number of rotatable bonds is 8. The molecule has 0 spiro atoms. The molecular weight excluding hydrogens is 447 g/mol. The van der Waals surface area contributed by atoms with Gasteiger partial charge in [-0.15, -0.1) is 0 Å². The van der Waals surface area contributed by atoms with Crippen LogP contribution in [0, 0.1) is 15.9 Å². The summed E-state index contributed by atoms with van der Waals surface area (Å²) in [5.74, 6) is -0.826. The van der Waals surface area contributed by atoms with Crippen molar-refractivity contribution in [1.82, 2.24) is 0 Å². The lowest BCUT2D eigenvalue weighted by atomic mass is 10.2. The molecule has 0 atom stereocenters. The van der Waals surface area contributed by atoms with E-state index in [1.165, 1.54) is 6.07 Å². The molecule has 8 heteroatoms. The molecule has 0 heterocycles. The number of benzene rings is 3. The molecule has 0 unspecified atom stereocenters. The van der Waals surface area contributed by atoms with E-state index in [0.29, 0.717) is 13.2 Å². The highest BCUT2D eigenvalue weighted by atomic mass is 35.5. The average molecular weight is 473 g/mol. The van der Waals surface area contributed by atoms with Gasteiger partial charge in [0, 0.05) is 6.54 Å². The summed E-state index contributed by atoms with van der Waals surface area (Å²) in [5.41, 5.74) is -0.204. The van der Waals surface area contributed by atoms with Gasteiger partial charge >= 0.3 is 0 Å². The zero-order valence-electron chi connectivity index (χ0n) is 18.3. The van der Waals surface area contributed by atoms with Crippen LogP contribution in [0.4, 0.5) is 15.8 Å². The van der Waals surface area contributed by atoms with E-state index < -0.39 is 19.1 Å². The van der Waals surface area contributed by atoms with Crippen molar-refractivity contribution in [3.05, 3.63) is 93.8 Å². The molecule has 0 saturated carbocycles. The van der Waals surface area contributed by atoms with Gasteiger partial charge in [-0.3, -0.25) is 10.1 Å². The van der Waals surface area contributed by atoms with Gasteiger partial charge in [0.2, 0.25) is 0 Å². The molecule has 0 aliphatic heterocycles. The molecule has 32 heavy (non-hydrogen) atoms. The lowest BCUT2D eigenvalue weighted by Gasteiger charge is -2.43. The number of nitrogens with one attached hydrogen (secondary N) is 1. The number of hydrogen-bond acceptors (Lipinski definition) is 4. The van der Waals surface area contributed by atoms with Crippen LogP contribution in [0.15, 0.2) is 72.8 Å². The molecule has 3 aromatic rings. The van der Waals surface area contributed by atoms with E-state index in [0.717, 1.165) is 16.4 Å². The second-order valence-corrected chi connectivity index (χ2v) is 13.2. The maximum Gasteiger partial charge on any atom is 0.295 e. The Kier molecular flexibility index (Phi) is 7.33. The Morgan fingerprint density at radius 1 is 1.03 bits per heavy atom. The Balaban J connectivity index is 1.90. The normalized spacial score (nSPS) is 11.9. The Morgan fingerprint density at radius 2 is 1.56 bits per heavy atom. The topological polar surface area (TPSA) is 64.4 Å². The van der Waals surface area contributed by atoms with E-state index in [4.69, 9.17) is 16.0 Å². The van der Waals surface area contributed by atoms with E-state index in [-0.39, 0.29) is 21.4 Å². The Bertz CT molecular complexity index is 1040. The minimum atomic E-state index is -2.70. The van der Waals surface area contributed by atoms with Crippen LogP contribution >= 0.6 is 11.6 Å². The summed E-state index contributed by atoms with van der Waals surface area (Å²) in [7, 11) is -2.70. The lowest BCUT2D eigenvalue weighted by molar-refractivity contribution is -0.384. The first-order chi connectivity index (χ1) is 15.2. The monoisotopic (exact) mass is 472 g/mol. The first-order valence-corrected chi connectivity index (χ1v) is 12.6. The summed E-state index contributed by atoms with van der Waals surface area (Å²) in [5, 5.41) is 16.2. The molecule has 0 amide bonds. The average Bonchev–Trinajstić information content (AvgIpc) is 2.76. The quantitative estimate of drug-likeness (QED) is 0.207. The minimum Gasteiger partial charge on any atom is -0.406 e. The summed E-state index contributed by atoms with van der Waals surface area (Å²) < 4.78 is 20.4. The number of hydrogen-bond donors (Lipinski definition) is 1. The first kappa shape index (κ1) is 23.9. The van der Waals surface area contributed by atoms with Gasteiger partial charge in [0.05, 0.1) is 22.6 Å². The predicted molar refractivity (Wildman–Crippen MR) is 130 cm³/mol. The van der Waals surface area contributed by atoms with Crippen LogP contribution in [-0.4, -0.2) is 26.4 Å². The zero-order valence-corrected chi connectivity index (χ0v) is 20.0. The van der Waals surface area contributed by atoms with E-state index in [1.54, 1.807) is 0 Å². The second-order valence-electron chi connectivity index (χ2n) is 8.48. The van der Waals surface area contributed by atoms with Crippen LogP contribution in [0.1, 0.15) is 20.8 Å². The number of nitro benzene ring substituents is 1. The Hall–Kier alpha value is -2.74. The van der Waals surface area contributed by atoms with Gasteiger partial charge in [0.25, 0.3) is 14.0 Å². The molecule has 1 N–H and O–H groups in total. The molecule has 0 aliphatic carbocycles. The summed E-state index contributed by atoms with van der Waals surface area (Å²) in [6.07, 6.45) is 0. The summed E-state index contributed by atoms with van der Waals surface area (Å²) >= 11 is 5.83. The molecule has 0 aromatic heterocycles. The van der Waals surface area contributed by atoms with E-state index >= 15 is 0 Å². The zero-order chi connectivity index (χ0) is 23.4. The van der Waals surface area contributed by atoms with Crippen molar-refractivity contribution in [1.29, 1.82) is 0 Å². The van der Waals surface area contributed by atoms with Crippen LogP contribution in [0.5, 0.6) is 0 Å². The number of anilines is 1. The molecule has 3 aromatic carbocycles. The SMILES string of the molecule is CC(C)(C)[Si](OCCNc1cc(Cl)c(F)cc1[N+](=O)[O-])(c1ccccc1)c1ccccc1.